The lowest BCUT2D eigenvalue weighted by Crippen LogP contribution is -2.23. The SMILES string of the molecule is CNC(C)Cc1ccc(-c2ccc(C)cc2)o1. The van der Waals surface area contributed by atoms with Gasteiger partial charge in [0.1, 0.15) is 11.5 Å². The van der Waals surface area contributed by atoms with Crippen LogP contribution in [-0.4, -0.2) is 13.1 Å². The van der Waals surface area contributed by atoms with E-state index in [-0.39, 0.29) is 0 Å². The Morgan fingerprint density at radius 1 is 1.12 bits per heavy atom. The van der Waals surface area contributed by atoms with Gasteiger partial charge in [0.05, 0.1) is 0 Å². The molecule has 17 heavy (non-hydrogen) atoms. The number of hydrogen-bond donors (Lipinski definition) is 1. The lowest BCUT2D eigenvalue weighted by atomic mass is 10.1. The Bertz CT molecular complexity index is 470. The van der Waals surface area contributed by atoms with Gasteiger partial charge in [-0.25, -0.2) is 0 Å². The predicted octanol–water partition coefficient (Wildman–Crippen LogP) is 3.41. The van der Waals surface area contributed by atoms with Gasteiger partial charge in [-0.2, -0.15) is 0 Å². The summed E-state index contributed by atoms with van der Waals surface area (Å²) in [5.74, 6) is 1.98. The van der Waals surface area contributed by atoms with Gasteiger partial charge in [-0.1, -0.05) is 29.8 Å². The van der Waals surface area contributed by atoms with Crippen LogP contribution in [0.3, 0.4) is 0 Å². The van der Waals surface area contributed by atoms with Crippen molar-refractivity contribution < 1.29 is 4.42 Å². The number of rotatable bonds is 4. The van der Waals surface area contributed by atoms with Crippen LogP contribution in [0.5, 0.6) is 0 Å². The molecule has 1 aromatic carbocycles. The maximum absolute atomic E-state index is 5.84. The average Bonchev–Trinajstić information content (AvgIpc) is 2.78. The molecule has 2 rings (SSSR count). The summed E-state index contributed by atoms with van der Waals surface area (Å²) in [5, 5.41) is 3.21. The Labute approximate surface area is 103 Å². The third-order valence-electron chi connectivity index (χ3n) is 3.00. The average molecular weight is 229 g/mol. The highest BCUT2D eigenvalue weighted by molar-refractivity contribution is 5.57. The molecule has 2 aromatic rings. The molecule has 1 aromatic heterocycles. The maximum atomic E-state index is 5.84. The second kappa shape index (κ2) is 5.19. The molecule has 0 radical (unpaired) electrons. The van der Waals surface area contributed by atoms with Crippen molar-refractivity contribution in [1.82, 2.24) is 5.32 Å². The molecule has 1 atom stereocenters. The minimum Gasteiger partial charge on any atom is -0.461 e. The summed E-state index contributed by atoms with van der Waals surface area (Å²) in [6, 6.07) is 12.9. The second-order valence-electron chi connectivity index (χ2n) is 4.53. The van der Waals surface area contributed by atoms with Gasteiger partial charge in [-0.05, 0) is 33.0 Å². The molecular formula is C15H19NO. The summed E-state index contributed by atoms with van der Waals surface area (Å²) in [6.07, 6.45) is 0.919. The van der Waals surface area contributed by atoms with Crippen molar-refractivity contribution in [1.29, 1.82) is 0 Å². The van der Waals surface area contributed by atoms with Gasteiger partial charge in [0, 0.05) is 18.0 Å². The first-order valence-corrected chi connectivity index (χ1v) is 6.02. The third kappa shape index (κ3) is 2.98. The predicted molar refractivity (Wildman–Crippen MR) is 71.1 cm³/mol. The minimum absolute atomic E-state index is 0.437. The molecule has 0 amide bonds. The van der Waals surface area contributed by atoms with Gasteiger partial charge in [-0.15, -0.1) is 0 Å². The molecular weight excluding hydrogens is 210 g/mol. The smallest absolute Gasteiger partial charge is 0.134 e. The van der Waals surface area contributed by atoms with E-state index in [0.29, 0.717) is 6.04 Å². The van der Waals surface area contributed by atoms with Crippen LogP contribution in [-0.2, 0) is 6.42 Å². The fourth-order valence-electron chi connectivity index (χ4n) is 1.76. The number of likely N-dealkylation sites (N-methyl/N-ethyl adjacent to an activating group) is 1. The van der Waals surface area contributed by atoms with Crippen LogP contribution in [0.15, 0.2) is 40.8 Å². The Morgan fingerprint density at radius 2 is 1.82 bits per heavy atom. The fraction of sp³-hybridized carbons (Fsp3) is 0.333. The lowest BCUT2D eigenvalue weighted by molar-refractivity contribution is 0.481. The van der Waals surface area contributed by atoms with Crippen molar-refractivity contribution >= 4 is 0 Å². The van der Waals surface area contributed by atoms with E-state index in [4.69, 9.17) is 4.42 Å². The van der Waals surface area contributed by atoms with Crippen LogP contribution in [0.1, 0.15) is 18.2 Å². The van der Waals surface area contributed by atoms with Gasteiger partial charge in [-0.3, -0.25) is 0 Å². The van der Waals surface area contributed by atoms with E-state index in [1.807, 2.05) is 13.1 Å². The molecule has 2 heteroatoms. The van der Waals surface area contributed by atoms with Crippen LogP contribution in [0.4, 0.5) is 0 Å². The van der Waals surface area contributed by atoms with Gasteiger partial charge in [0.25, 0.3) is 0 Å². The monoisotopic (exact) mass is 229 g/mol. The van der Waals surface area contributed by atoms with Crippen LogP contribution in [0, 0.1) is 6.92 Å². The fourth-order valence-corrected chi connectivity index (χ4v) is 1.76. The number of aryl methyl sites for hydroxylation is 1. The minimum atomic E-state index is 0.437. The molecule has 0 aliphatic rings. The number of furan rings is 1. The molecule has 2 nitrogen and oxygen atoms in total. The van der Waals surface area contributed by atoms with Gasteiger partial charge >= 0.3 is 0 Å². The van der Waals surface area contributed by atoms with E-state index in [1.165, 1.54) is 5.56 Å². The van der Waals surface area contributed by atoms with Crippen molar-refractivity contribution in [2.75, 3.05) is 7.05 Å². The molecule has 1 N–H and O–H groups in total. The highest BCUT2D eigenvalue weighted by Gasteiger charge is 2.07. The van der Waals surface area contributed by atoms with E-state index in [1.54, 1.807) is 0 Å². The van der Waals surface area contributed by atoms with E-state index in [2.05, 4.69) is 49.5 Å². The van der Waals surface area contributed by atoms with E-state index in [9.17, 15) is 0 Å². The third-order valence-corrected chi connectivity index (χ3v) is 3.00. The second-order valence-corrected chi connectivity index (χ2v) is 4.53. The van der Waals surface area contributed by atoms with Crippen molar-refractivity contribution in [3.05, 3.63) is 47.7 Å². The van der Waals surface area contributed by atoms with Crippen molar-refractivity contribution in [3.8, 4) is 11.3 Å². The highest BCUT2D eigenvalue weighted by Crippen LogP contribution is 2.23. The zero-order valence-corrected chi connectivity index (χ0v) is 10.7. The molecule has 0 saturated carbocycles. The molecule has 90 valence electrons. The summed E-state index contributed by atoms with van der Waals surface area (Å²) in [7, 11) is 1.97. The van der Waals surface area contributed by atoms with Gasteiger partial charge < -0.3 is 9.73 Å². The van der Waals surface area contributed by atoms with Crippen LogP contribution in [0.25, 0.3) is 11.3 Å². The van der Waals surface area contributed by atoms with Crippen LogP contribution < -0.4 is 5.32 Å². The molecule has 1 unspecified atom stereocenters. The Hall–Kier alpha value is -1.54. The summed E-state index contributed by atoms with van der Waals surface area (Å²) >= 11 is 0. The maximum Gasteiger partial charge on any atom is 0.134 e. The Morgan fingerprint density at radius 3 is 2.47 bits per heavy atom. The topological polar surface area (TPSA) is 25.2 Å². The first-order valence-electron chi connectivity index (χ1n) is 6.02. The standard InChI is InChI=1S/C15H19NO/c1-11-4-6-13(7-5-11)15-9-8-14(17-15)10-12(2)16-3/h4-9,12,16H,10H2,1-3H3. The molecule has 0 bridgehead atoms. The van der Waals surface area contributed by atoms with Crippen LogP contribution >= 0.6 is 0 Å². The quantitative estimate of drug-likeness (QED) is 0.869. The lowest BCUT2D eigenvalue weighted by Gasteiger charge is -2.06. The first-order chi connectivity index (χ1) is 8.19. The summed E-state index contributed by atoms with van der Waals surface area (Å²) < 4.78 is 5.84. The van der Waals surface area contributed by atoms with E-state index >= 15 is 0 Å². The molecule has 0 saturated heterocycles. The molecule has 0 spiro atoms. The van der Waals surface area contributed by atoms with Crippen molar-refractivity contribution in [3.63, 3.8) is 0 Å². The van der Waals surface area contributed by atoms with E-state index < -0.39 is 0 Å². The Balaban J connectivity index is 2.15. The molecule has 0 aliphatic carbocycles. The molecule has 0 fully saturated rings. The normalized spacial score (nSPS) is 12.6. The van der Waals surface area contributed by atoms with Crippen molar-refractivity contribution in [2.45, 2.75) is 26.3 Å². The van der Waals surface area contributed by atoms with Crippen molar-refractivity contribution in [2.24, 2.45) is 0 Å². The zero-order valence-electron chi connectivity index (χ0n) is 10.7. The van der Waals surface area contributed by atoms with E-state index in [0.717, 1.165) is 23.5 Å². The largest absolute Gasteiger partial charge is 0.461 e. The van der Waals surface area contributed by atoms with Crippen LogP contribution in [0.2, 0.25) is 0 Å². The highest BCUT2D eigenvalue weighted by atomic mass is 16.3. The number of nitrogens with one attached hydrogen (secondary N) is 1. The molecule has 1 heterocycles. The zero-order chi connectivity index (χ0) is 12.3. The molecule has 0 aliphatic heterocycles. The van der Waals surface area contributed by atoms with Gasteiger partial charge in [0.2, 0.25) is 0 Å². The summed E-state index contributed by atoms with van der Waals surface area (Å²) in [4.78, 5) is 0. The van der Waals surface area contributed by atoms with Gasteiger partial charge in [0.15, 0.2) is 0 Å². The summed E-state index contributed by atoms with van der Waals surface area (Å²) in [5.41, 5.74) is 2.41. The Kier molecular flexibility index (Phi) is 3.64. The summed E-state index contributed by atoms with van der Waals surface area (Å²) in [6.45, 7) is 4.24. The number of benzene rings is 1. The first kappa shape index (κ1) is 11.9. The number of hydrogen-bond acceptors (Lipinski definition) is 2.